The third-order valence-electron chi connectivity index (χ3n) is 6.62. The number of aromatic amines is 4. The molecule has 0 atom stereocenters. The molecule has 11 aromatic heterocycles. The molecule has 4 N–H and O–H groups in total. The van der Waals surface area contributed by atoms with E-state index < -0.39 is 0 Å². The van der Waals surface area contributed by atoms with E-state index in [1.165, 1.54) is 36.1 Å². The van der Waals surface area contributed by atoms with Crippen LogP contribution in [0, 0.1) is 59.2 Å². The van der Waals surface area contributed by atoms with Crippen molar-refractivity contribution < 1.29 is 0 Å². The number of pyridine rings is 1. The van der Waals surface area contributed by atoms with Gasteiger partial charge in [-0.05, 0) is 135 Å². The number of rotatable bonds is 2. The van der Waals surface area contributed by atoms with E-state index in [9.17, 15) is 0 Å². The fourth-order valence-corrected chi connectivity index (χ4v) is 5.27. The number of aromatic nitrogens is 17. The van der Waals surface area contributed by atoms with E-state index in [1.54, 1.807) is 144 Å². The first-order valence-electron chi connectivity index (χ1n) is 38.4. The average Bonchev–Trinajstić information content (AvgIpc) is 1.85. The first-order valence-corrected chi connectivity index (χ1v) is 42.0. The Morgan fingerprint density at radius 2 is 0.718 bits per heavy atom. The van der Waals surface area contributed by atoms with Gasteiger partial charge >= 0.3 is 0 Å². The van der Waals surface area contributed by atoms with Crippen molar-refractivity contribution >= 4 is 45.5 Å². The topological polar surface area (TPSA) is 231 Å². The molecular weight excluding hydrogens is 1440 g/mol. The van der Waals surface area contributed by atoms with Crippen molar-refractivity contribution in [1.29, 1.82) is 0 Å². The number of nitrogens with zero attached hydrogens (tertiary/aromatic N) is 13. The predicted molar refractivity (Wildman–Crippen MR) is 491 cm³/mol. The van der Waals surface area contributed by atoms with Gasteiger partial charge in [0, 0.05) is 116 Å². The number of benzene rings is 1. The molecule has 0 unspecified atom stereocenters. The van der Waals surface area contributed by atoms with Crippen molar-refractivity contribution in [2.24, 2.45) is 59.2 Å². The second-order valence-corrected chi connectivity index (χ2v) is 33.0. The summed E-state index contributed by atoms with van der Waals surface area (Å²) in [5.74, 6) is 9.52. The standard InChI is InChI=1S/C9H12.C5H8N2S.C5H5N.2C4H4N2.C4H5N.C4H4S.10C4H10.2C3H4N2.2C3H3NS.C2H3N3/c1-8(2)9-6-4-3-5-7-9;1-4(2)5-7-6-3-8-5;1-2-4-6-5-3-1;1-2-6-4-3-5-1;1-2-5-4-6-3-1;2*1-2-4-5-3-1;10*1-4(2)3;1-2-5-3-4-1;1-2-4-5-3-1;1-2-5-3-4-1;1-2-4-5-3-1;1-3-2-5-4-1/h3-8H,1-2H3;3-4H,1-2H3;1-5H;2*1-4H;1-5H;1-4H;10*4H,1-3H3;2*1-3H,(H,4,5);2*1-3H;1-2H,(H,3,4,5). The summed E-state index contributed by atoms with van der Waals surface area (Å²) in [7, 11) is 0. The number of thiophene rings is 1. The van der Waals surface area contributed by atoms with E-state index in [-0.39, 0.29) is 0 Å². The van der Waals surface area contributed by atoms with E-state index >= 15 is 0 Å². The van der Waals surface area contributed by atoms with Crippen molar-refractivity contribution in [3.05, 3.63) is 259 Å². The molecule has 0 spiro atoms. The van der Waals surface area contributed by atoms with Crippen LogP contribution in [-0.4, -0.2) is 84.8 Å². The van der Waals surface area contributed by atoms with Gasteiger partial charge in [0.05, 0.1) is 11.8 Å². The molecule has 0 saturated carbocycles. The van der Waals surface area contributed by atoms with Crippen LogP contribution in [0.5, 0.6) is 0 Å². The Morgan fingerprint density at radius 3 is 0.855 bits per heavy atom. The lowest BCUT2D eigenvalue weighted by atomic mass is 10.0. The van der Waals surface area contributed by atoms with E-state index in [1.807, 2.05) is 94.6 Å². The molecule has 1 aromatic carbocycles. The maximum Gasteiger partial charge on any atom is 0.137 e. The SMILES string of the molecule is CC(C)C.CC(C)C.CC(C)C.CC(C)C.CC(C)C.CC(C)C.CC(C)C.CC(C)C.CC(C)C.CC(C)C.CC(C)c1ccccc1.CC(C)c1nncs1.c1c[nH]cn1.c1cc[nH]c1.c1ccncc1.c1ccsc1.c1cn[nH]c1.c1cnccn1.c1cncnc1.c1cnsc1.c1cscn1.c1nc[nH]n1. The summed E-state index contributed by atoms with van der Waals surface area (Å²) < 4.78 is 3.76. The maximum atomic E-state index is 3.88. The maximum absolute atomic E-state index is 3.88. The Balaban J connectivity index is -0.000000120. The number of imidazole rings is 1. The van der Waals surface area contributed by atoms with Crippen molar-refractivity contribution in [3.63, 3.8) is 0 Å². The molecule has 0 aliphatic heterocycles. The highest BCUT2D eigenvalue weighted by Gasteiger charge is 1.99. The highest BCUT2D eigenvalue weighted by Crippen LogP contribution is 2.14. The first kappa shape index (κ1) is 123. The van der Waals surface area contributed by atoms with Crippen LogP contribution in [0.4, 0.5) is 0 Å². The van der Waals surface area contributed by atoms with Crippen LogP contribution in [0.25, 0.3) is 0 Å². The summed E-state index contributed by atoms with van der Waals surface area (Å²) in [5.41, 5.74) is 4.97. The lowest BCUT2D eigenvalue weighted by Crippen LogP contribution is -1.83. The fourth-order valence-electron chi connectivity index (χ4n) is 3.54. The smallest absolute Gasteiger partial charge is 0.137 e. The summed E-state index contributed by atoms with van der Waals surface area (Å²) in [5, 5.41) is 28.9. The largest absolute Gasteiger partial charge is 0.368 e. The molecule has 0 radical (unpaired) electrons. The Hall–Kier alpha value is -8.11. The van der Waals surface area contributed by atoms with Gasteiger partial charge in [-0.25, -0.2) is 24.3 Å². The fraction of sp³-hybridized carbons (Fsp3) is 0.517. The number of hydrogen-bond acceptors (Lipinski definition) is 17. The van der Waals surface area contributed by atoms with Crippen molar-refractivity contribution in [1.82, 2.24) is 84.8 Å². The van der Waals surface area contributed by atoms with Gasteiger partial charge in [-0.3, -0.25) is 30.1 Å². The van der Waals surface area contributed by atoms with Gasteiger partial charge in [-0.1, -0.05) is 284 Å². The van der Waals surface area contributed by atoms with E-state index in [2.05, 4.69) is 344 Å². The number of hydrogen-bond donors (Lipinski definition) is 4. The highest BCUT2D eigenvalue weighted by atomic mass is 32.1. The van der Waals surface area contributed by atoms with Crippen LogP contribution in [0.1, 0.15) is 258 Å². The van der Waals surface area contributed by atoms with Crippen LogP contribution >= 0.6 is 45.5 Å². The van der Waals surface area contributed by atoms with Crippen molar-refractivity contribution in [3.8, 4) is 0 Å². The molecule has 0 fully saturated rings. The predicted octanol–water partition coefficient (Wildman–Crippen LogP) is 28.8. The van der Waals surface area contributed by atoms with E-state index in [0.29, 0.717) is 11.8 Å². The van der Waals surface area contributed by atoms with Crippen molar-refractivity contribution in [2.45, 2.75) is 247 Å². The van der Waals surface area contributed by atoms with Gasteiger partial charge in [-0.2, -0.15) is 21.5 Å². The van der Waals surface area contributed by atoms with Gasteiger partial charge in [0.15, 0.2) is 0 Å². The lowest BCUT2D eigenvalue weighted by molar-refractivity contribution is 0.736. The van der Waals surface area contributed by atoms with Crippen LogP contribution in [-0.2, 0) is 0 Å². The Morgan fingerprint density at radius 1 is 0.273 bits per heavy atom. The summed E-state index contributed by atoms with van der Waals surface area (Å²) in [6.07, 6.45) is 33.7. The van der Waals surface area contributed by atoms with Crippen LogP contribution in [0.2, 0.25) is 0 Å². The zero-order valence-corrected chi connectivity index (χ0v) is 78.3. The molecule has 0 saturated heterocycles. The number of H-pyrrole nitrogens is 4. The Labute approximate surface area is 690 Å². The lowest BCUT2D eigenvalue weighted by Gasteiger charge is -2.01. The normalized spacial score (nSPS) is 8.71. The summed E-state index contributed by atoms with van der Waals surface area (Å²) in [6.45, 7) is 73.6. The molecule has 0 amide bonds. The zero-order chi connectivity index (χ0) is 85.9. The molecule has 0 aliphatic carbocycles. The summed E-state index contributed by atoms with van der Waals surface area (Å²) >= 11 is 6.39. The molecule has 17 nitrogen and oxygen atoms in total. The minimum atomic E-state index is 0.530. The van der Waals surface area contributed by atoms with Crippen LogP contribution in [0.3, 0.4) is 0 Å². The highest BCUT2D eigenvalue weighted by molar-refractivity contribution is 7.09. The summed E-state index contributed by atoms with van der Waals surface area (Å²) in [4.78, 5) is 35.2. The molecule has 12 aromatic rings. The second-order valence-electron chi connectivity index (χ2n) is 29.9. The van der Waals surface area contributed by atoms with Gasteiger partial charge in [0.25, 0.3) is 0 Å². The molecule has 11 heterocycles. The summed E-state index contributed by atoms with van der Waals surface area (Å²) in [6, 6.07) is 29.7. The van der Waals surface area contributed by atoms with Gasteiger partial charge in [-0.15, -0.1) is 32.9 Å². The van der Waals surface area contributed by atoms with Crippen LogP contribution < -0.4 is 0 Å². The molecule has 0 aliphatic rings. The minimum absolute atomic E-state index is 0.530. The third kappa shape index (κ3) is 212. The molecule has 21 heteroatoms. The first-order chi connectivity index (χ1) is 51.9. The number of thiazole rings is 1. The second kappa shape index (κ2) is 109. The average molecular weight is 1600 g/mol. The molecule has 110 heavy (non-hydrogen) atoms. The van der Waals surface area contributed by atoms with E-state index in [0.717, 1.165) is 64.2 Å². The number of nitrogens with one attached hydrogen (secondary N) is 4. The van der Waals surface area contributed by atoms with Gasteiger partial charge in [0.1, 0.15) is 29.5 Å². The zero-order valence-electron chi connectivity index (χ0n) is 75.0. The monoisotopic (exact) mass is 1590 g/mol. The third-order valence-corrected chi connectivity index (χ3v) is 9.28. The Kier molecular flexibility index (Phi) is 122. The van der Waals surface area contributed by atoms with Gasteiger partial charge < -0.3 is 9.97 Å². The molecular formula is C89H159N17S4. The molecule has 624 valence electrons. The van der Waals surface area contributed by atoms with E-state index in [4.69, 9.17) is 0 Å². The minimum Gasteiger partial charge on any atom is -0.368 e. The quantitative estimate of drug-likeness (QED) is 0.126. The molecule has 12 rings (SSSR count). The van der Waals surface area contributed by atoms with Crippen LogP contribution in [0.15, 0.2) is 248 Å². The van der Waals surface area contributed by atoms with Gasteiger partial charge in [0.2, 0.25) is 0 Å². The Bertz CT molecular complexity index is 2350. The van der Waals surface area contributed by atoms with Crippen molar-refractivity contribution in [2.75, 3.05) is 0 Å². The molecule has 0 bridgehead atoms.